The number of rotatable bonds is 8. The molecule has 0 fully saturated rings. The fourth-order valence-electron chi connectivity index (χ4n) is 2.35. The number of benzene rings is 2. The number of nitrogens with zero attached hydrogens (tertiary/aromatic N) is 1. The van der Waals surface area contributed by atoms with E-state index in [2.05, 4.69) is 10.6 Å². The van der Waals surface area contributed by atoms with E-state index in [1.54, 1.807) is 25.1 Å². The van der Waals surface area contributed by atoms with Crippen LogP contribution < -0.4 is 15.4 Å². The number of anilines is 1. The topological polar surface area (TPSA) is 114 Å². The second-order valence-electron chi connectivity index (χ2n) is 5.87. The van der Waals surface area contributed by atoms with Gasteiger partial charge in [0.2, 0.25) is 0 Å². The van der Waals surface area contributed by atoms with Gasteiger partial charge in [0.05, 0.1) is 29.2 Å². The minimum atomic E-state index is -0.569. The Bertz CT molecular complexity index is 844. The second kappa shape index (κ2) is 9.20. The largest absolute Gasteiger partial charge is 0.495 e. The third-order valence-corrected chi connectivity index (χ3v) is 4.12. The number of carbonyl (C=O) groups excluding carboxylic acids is 1. The molecule has 0 saturated heterocycles. The first-order chi connectivity index (χ1) is 12.8. The van der Waals surface area contributed by atoms with Crippen LogP contribution in [0.1, 0.15) is 22.8 Å². The van der Waals surface area contributed by atoms with Crippen molar-refractivity contribution >= 4 is 28.9 Å². The predicted molar refractivity (Wildman–Crippen MR) is 102 cm³/mol. The summed E-state index contributed by atoms with van der Waals surface area (Å²) in [6, 6.07) is 8.77. The minimum Gasteiger partial charge on any atom is -0.495 e. The molecule has 0 aromatic heterocycles. The van der Waals surface area contributed by atoms with E-state index in [1.165, 1.54) is 25.3 Å². The van der Waals surface area contributed by atoms with Gasteiger partial charge < -0.3 is 20.5 Å². The fourth-order valence-corrected chi connectivity index (χ4v) is 2.54. The smallest absolute Gasteiger partial charge is 0.270 e. The first kappa shape index (κ1) is 20.5. The van der Waals surface area contributed by atoms with E-state index in [9.17, 15) is 14.9 Å². The van der Waals surface area contributed by atoms with Crippen molar-refractivity contribution in [3.05, 3.63) is 62.7 Å². The lowest BCUT2D eigenvalue weighted by atomic mass is 10.1. The van der Waals surface area contributed by atoms with Gasteiger partial charge in [-0.3, -0.25) is 14.9 Å². The minimum absolute atomic E-state index is 0.116. The molecule has 3 N–H and O–H groups in total. The van der Waals surface area contributed by atoms with E-state index < -0.39 is 16.9 Å². The lowest BCUT2D eigenvalue weighted by Crippen LogP contribution is -2.35. The summed E-state index contributed by atoms with van der Waals surface area (Å²) in [5.74, 6) is 0.00541. The van der Waals surface area contributed by atoms with Gasteiger partial charge in [0.15, 0.2) is 0 Å². The third kappa shape index (κ3) is 5.32. The number of nitrogens with one attached hydrogen (secondary N) is 2. The molecule has 2 aromatic carbocycles. The molecule has 0 bridgehead atoms. The predicted octanol–water partition coefficient (Wildman–Crippen LogP) is 2.98. The van der Waals surface area contributed by atoms with Crippen molar-refractivity contribution < 1.29 is 19.6 Å². The SMILES string of the molecule is COc1cc(CNc2ccc([N+](=O)[O-])cc2C(=O)NC(C)CO)ccc1Cl. The number of hydrogen-bond donors (Lipinski definition) is 3. The lowest BCUT2D eigenvalue weighted by Gasteiger charge is -2.15. The molecule has 0 aliphatic carbocycles. The van der Waals surface area contributed by atoms with E-state index in [0.717, 1.165) is 5.56 Å². The number of amides is 1. The molecule has 9 heteroatoms. The molecule has 1 atom stereocenters. The monoisotopic (exact) mass is 393 g/mol. The molecule has 0 radical (unpaired) electrons. The van der Waals surface area contributed by atoms with Crippen LogP contribution in [-0.4, -0.2) is 35.7 Å². The molecule has 8 nitrogen and oxygen atoms in total. The highest BCUT2D eigenvalue weighted by molar-refractivity contribution is 6.32. The highest BCUT2D eigenvalue weighted by Gasteiger charge is 2.18. The van der Waals surface area contributed by atoms with E-state index in [1.807, 2.05) is 0 Å². The van der Waals surface area contributed by atoms with Gasteiger partial charge in [-0.25, -0.2) is 0 Å². The van der Waals surface area contributed by atoms with Crippen LogP contribution >= 0.6 is 11.6 Å². The number of ether oxygens (including phenoxy) is 1. The van der Waals surface area contributed by atoms with Crippen LogP contribution in [0.25, 0.3) is 0 Å². The Morgan fingerprint density at radius 1 is 1.33 bits per heavy atom. The summed E-state index contributed by atoms with van der Waals surface area (Å²) in [5, 5.41) is 26.3. The number of nitro benzene ring substituents is 1. The Balaban J connectivity index is 2.26. The summed E-state index contributed by atoms with van der Waals surface area (Å²) >= 11 is 6.01. The zero-order valence-electron chi connectivity index (χ0n) is 14.9. The molecule has 0 aliphatic rings. The van der Waals surface area contributed by atoms with Crippen molar-refractivity contribution in [2.75, 3.05) is 19.0 Å². The van der Waals surface area contributed by atoms with Crippen LogP contribution in [0.15, 0.2) is 36.4 Å². The van der Waals surface area contributed by atoms with Gasteiger partial charge in [0.1, 0.15) is 5.75 Å². The van der Waals surface area contributed by atoms with Crippen LogP contribution in [0, 0.1) is 10.1 Å². The van der Waals surface area contributed by atoms with Crippen LogP contribution in [-0.2, 0) is 6.54 Å². The van der Waals surface area contributed by atoms with Gasteiger partial charge in [-0.1, -0.05) is 17.7 Å². The van der Waals surface area contributed by atoms with E-state index >= 15 is 0 Å². The molecule has 27 heavy (non-hydrogen) atoms. The number of nitro groups is 1. The maximum Gasteiger partial charge on any atom is 0.270 e. The fraction of sp³-hybridized carbons (Fsp3) is 0.278. The van der Waals surface area contributed by atoms with Crippen LogP contribution in [0.5, 0.6) is 5.75 Å². The number of aliphatic hydroxyl groups is 1. The molecule has 0 saturated carbocycles. The summed E-state index contributed by atoms with van der Waals surface area (Å²) in [7, 11) is 1.51. The zero-order valence-corrected chi connectivity index (χ0v) is 15.6. The Morgan fingerprint density at radius 2 is 2.07 bits per heavy atom. The molecule has 2 rings (SSSR count). The molecular weight excluding hydrogens is 374 g/mol. The molecular formula is C18H20ClN3O5. The van der Waals surface area contributed by atoms with E-state index in [-0.39, 0.29) is 17.9 Å². The summed E-state index contributed by atoms with van der Waals surface area (Å²) < 4.78 is 5.18. The number of methoxy groups -OCH3 is 1. The number of aliphatic hydroxyl groups excluding tert-OH is 1. The Labute approximate surface area is 161 Å². The normalized spacial score (nSPS) is 11.6. The summed E-state index contributed by atoms with van der Waals surface area (Å²) in [6.45, 7) is 1.73. The first-order valence-electron chi connectivity index (χ1n) is 8.12. The van der Waals surface area contributed by atoms with Gasteiger partial charge in [-0.05, 0) is 30.7 Å². The van der Waals surface area contributed by atoms with Crippen LogP contribution in [0.2, 0.25) is 5.02 Å². The Kier molecular flexibility index (Phi) is 6.98. The Hall–Kier alpha value is -2.84. The average Bonchev–Trinajstić information content (AvgIpc) is 2.66. The highest BCUT2D eigenvalue weighted by atomic mass is 35.5. The highest BCUT2D eigenvalue weighted by Crippen LogP contribution is 2.27. The number of hydrogen-bond acceptors (Lipinski definition) is 6. The van der Waals surface area contributed by atoms with Crippen molar-refractivity contribution in [1.82, 2.24) is 5.32 Å². The second-order valence-corrected chi connectivity index (χ2v) is 6.27. The average molecular weight is 394 g/mol. The maximum absolute atomic E-state index is 12.4. The molecule has 144 valence electrons. The molecule has 0 heterocycles. The van der Waals surface area contributed by atoms with Crippen molar-refractivity contribution in [3.8, 4) is 5.75 Å². The Morgan fingerprint density at radius 3 is 2.70 bits per heavy atom. The summed E-state index contributed by atoms with van der Waals surface area (Å²) in [5.41, 5.74) is 1.20. The van der Waals surface area contributed by atoms with Gasteiger partial charge in [0.25, 0.3) is 11.6 Å². The molecule has 0 spiro atoms. The molecule has 1 unspecified atom stereocenters. The van der Waals surface area contributed by atoms with Crippen LogP contribution in [0.3, 0.4) is 0 Å². The van der Waals surface area contributed by atoms with Crippen LogP contribution in [0.4, 0.5) is 11.4 Å². The number of non-ortho nitro benzene ring substituents is 1. The van der Waals surface area contributed by atoms with Gasteiger partial charge >= 0.3 is 0 Å². The molecule has 2 aromatic rings. The van der Waals surface area contributed by atoms with Gasteiger partial charge in [-0.2, -0.15) is 0 Å². The van der Waals surface area contributed by atoms with Crippen molar-refractivity contribution in [2.45, 2.75) is 19.5 Å². The standard InChI is InChI=1S/C18H20ClN3O5/c1-11(10-23)21-18(24)14-8-13(22(25)26)4-6-16(14)20-9-12-3-5-15(19)17(7-12)27-2/h3-8,11,20,23H,9-10H2,1-2H3,(H,21,24). The maximum atomic E-state index is 12.4. The summed E-state index contributed by atoms with van der Waals surface area (Å²) in [6.07, 6.45) is 0. The zero-order chi connectivity index (χ0) is 20.0. The van der Waals surface area contributed by atoms with Gasteiger partial charge in [0, 0.05) is 30.4 Å². The number of halogens is 1. The number of carbonyl (C=O) groups is 1. The molecule has 1 amide bonds. The van der Waals surface area contributed by atoms with Crippen molar-refractivity contribution in [3.63, 3.8) is 0 Å². The van der Waals surface area contributed by atoms with Gasteiger partial charge in [-0.15, -0.1) is 0 Å². The lowest BCUT2D eigenvalue weighted by molar-refractivity contribution is -0.384. The van der Waals surface area contributed by atoms with Crippen molar-refractivity contribution in [2.24, 2.45) is 0 Å². The first-order valence-corrected chi connectivity index (χ1v) is 8.50. The molecule has 0 aliphatic heterocycles. The summed E-state index contributed by atoms with van der Waals surface area (Å²) in [4.78, 5) is 22.9. The quantitative estimate of drug-likeness (QED) is 0.469. The third-order valence-electron chi connectivity index (χ3n) is 3.81. The van der Waals surface area contributed by atoms with E-state index in [0.29, 0.717) is 23.0 Å². The van der Waals surface area contributed by atoms with E-state index in [4.69, 9.17) is 21.4 Å². The van der Waals surface area contributed by atoms with Crippen molar-refractivity contribution in [1.29, 1.82) is 0 Å².